The molecule has 1 rings (SSSR count). The Morgan fingerprint density at radius 3 is 2.33 bits per heavy atom. The van der Waals surface area contributed by atoms with E-state index in [9.17, 15) is 16.8 Å². The molecule has 0 aliphatic heterocycles. The number of nitrogens with one attached hydrogen (secondary N) is 1. The number of nitrogens with two attached hydrogens (primary N) is 1. The second-order valence-corrected chi connectivity index (χ2v) is 8.68. The molecule has 3 N–H and O–H groups in total. The van der Waals surface area contributed by atoms with Crippen molar-refractivity contribution in [3.8, 4) is 0 Å². The third-order valence-corrected chi connectivity index (χ3v) is 5.65. The van der Waals surface area contributed by atoms with E-state index in [1.54, 1.807) is 0 Å². The summed E-state index contributed by atoms with van der Waals surface area (Å²) in [6.07, 6.45) is 4.81. The van der Waals surface area contributed by atoms with Crippen LogP contribution < -0.4 is 10.5 Å². The average Bonchev–Trinajstić information content (AvgIpc) is 2.37. The van der Waals surface area contributed by atoms with Crippen molar-refractivity contribution < 1.29 is 16.8 Å². The third-order valence-electron chi connectivity index (χ3n) is 3.03. The van der Waals surface area contributed by atoms with Crippen molar-refractivity contribution in [1.82, 2.24) is 4.72 Å². The van der Waals surface area contributed by atoms with Crippen molar-refractivity contribution >= 4 is 25.5 Å². The van der Waals surface area contributed by atoms with Gasteiger partial charge in [0.25, 0.3) is 0 Å². The molecule has 8 heteroatoms. The van der Waals surface area contributed by atoms with Gasteiger partial charge in [-0.1, -0.05) is 26.2 Å². The molecule has 120 valence electrons. The molecule has 0 saturated carbocycles. The molecular weight excluding hydrogens is 312 g/mol. The van der Waals surface area contributed by atoms with E-state index in [4.69, 9.17) is 5.73 Å². The predicted molar refractivity (Wildman–Crippen MR) is 83.3 cm³/mol. The molecule has 0 fully saturated rings. The second kappa shape index (κ2) is 7.24. The lowest BCUT2D eigenvalue weighted by Crippen LogP contribution is -2.25. The first kappa shape index (κ1) is 17.9. The normalized spacial score (nSPS) is 12.5. The Balaban J connectivity index is 2.92. The molecule has 0 bridgehead atoms. The molecule has 0 heterocycles. The summed E-state index contributed by atoms with van der Waals surface area (Å²) < 4.78 is 49.8. The first-order chi connectivity index (χ1) is 9.68. The van der Waals surface area contributed by atoms with Gasteiger partial charge in [-0.15, -0.1) is 0 Å². The standard InChI is InChI=1S/C13H22N2O4S2/c1-3-4-5-6-9-15-21(18,19)13-10-11(20(2,16)17)7-8-12(13)14/h7-8,10,15H,3-6,9,14H2,1-2H3. The van der Waals surface area contributed by atoms with Crippen LogP contribution in [0.4, 0.5) is 5.69 Å². The summed E-state index contributed by atoms with van der Waals surface area (Å²) in [4.78, 5) is -0.260. The highest BCUT2D eigenvalue weighted by Gasteiger charge is 2.19. The molecular formula is C13H22N2O4S2. The Kier molecular flexibility index (Phi) is 6.18. The van der Waals surface area contributed by atoms with E-state index in [1.807, 2.05) is 0 Å². The fourth-order valence-corrected chi connectivity index (χ4v) is 3.76. The molecule has 0 saturated heterocycles. The Bertz CT molecular complexity index is 682. The van der Waals surface area contributed by atoms with Gasteiger partial charge in [0.05, 0.1) is 10.6 Å². The largest absolute Gasteiger partial charge is 0.398 e. The van der Waals surface area contributed by atoms with Crippen LogP contribution >= 0.6 is 0 Å². The van der Waals surface area contributed by atoms with Gasteiger partial charge in [-0.3, -0.25) is 0 Å². The number of hydrogen-bond donors (Lipinski definition) is 2. The number of rotatable bonds is 8. The number of hydrogen-bond acceptors (Lipinski definition) is 5. The Morgan fingerprint density at radius 1 is 1.10 bits per heavy atom. The maximum absolute atomic E-state index is 12.2. The summed E-state index contributed by atoms with van der Waals surface area (Å²) in [5.74, 6) is 0. The van der Waals surface area contributed by atoms with E-state index >= 15 is 0 Å². The first-order valence-electron chi connectivity index (χ1n) is 6.77. The number of unbranched alkanes of at least 4 members (excludes halogenated alkanes) is 3. The highest BCUT2D eigenvalue weighted by Crippen LogP contribution is 2.22. The fraction of sp³-hybridized carbons (Fsp3) is 0.538. The quantitative estimate of drug-likeness (QED) is 0.554. The topological polar surface area (TPSA) is 106 Å². The van der Waals surface area contributed by atoms with Gasteiger partial charge in [0, 0.05) is 12.8 Å². The zero-order chi connectivity index (χ0) is 16.1. The number of sulfonamides is 1. The van der Waals surface area contributed by atoms with E-state index in [0.29, 0.717) is 6.54 Å². The van der Waals surface area contributed by atoms with Crippen LogP contribution in [0.1, 0.15) is 32.6 Å². The molecule has 0 aliphatic carbocycles. The molecule has 0 amide bonds. The summed E-state index contributed by atoms with van der Waals surface area (Å²) in [5.41, 5.74) is 5.69. The molecule has 21 heavy (non-hydrogen) atoms. The fourth-order valence-electron chi connectivity index (χ4n) is 1.81. The van der Waals surface area contributed by atoms with Crippen molar-refractivity contribution in [3.05, 3.63) is 18.2 Å². The molecule has 0 unspecified atom stereocenters. The van der Waals surface area contributed by atoms with Crippen molar-refractivity contribution in [2.45, 2.75) is 42.4 Å². The average molecular weight is 334 g/mol. The van der Waals surface area contributed by atoms with Crippen LogP contribution in [-0.4, -0.2) is 29.6 Å². The highest BCUT2D eigenvalue weighted by atomic mass is 32.2. The van der Waals surface area contributed by atoms with Gasteiger partial charge in [0.1, 0.15) is 4.90 Å². The maximum Gasteiger partial charge on any atom is 0.242 e. The van der Waals surface area contributed by atoms with E-state index in [2.05, 4.69) is 11.6 Å². The minimum absolute atomic E-state index is 0.0310. The lowest BCUT2D eigenvalue weighted by atomic mass is 10.2. The van der Waals surface area contributed by atoms with E-state index in [0.717, 1.165) is 38.0 Å². The third kappa shape index (κ3) is 5.29. The Labute approximate surface area is 126 Å². The van der Waals surface area contributed by atoms with E-state index in [-0.39, 0.29) is 15.5 Å². The number of sulfone groups is 1. The van der Waals surface area contributed by atoms with Crippen molar-refractivity contribution in [2.24, 2.45) is 0 Å². The van der Waals surface area contributed by atoms with Gasteiger partial charge < -0.3 is 5.73 Å². The summed E-state index contributed by atoms with van der Waals surface area (Å²) >= 11 is 0. The van der Waals surface area contributed by atoms with Gasteiger partial charge in [0.15, 0.2) is 9.84 Å². The van der Waals surface area contributed by atoms with Gasteiger partial charge in [-0.25, -0.2) is 21.6 Å². The van der Waals surface area contributed by atoms with Crippen LogP contribution in [0.25, 0.3) is 0 Å². The predicted octanol–water partition coefficient (Wildman–Crippen LogP) is 1.53. The highest BCUT2D eigenvalue weighted by molar-refractivity contribution is 7.91. The van der Waals surface area contributed by atoms with Gasteiger partial charge in [0.2, 0.25) is 10.0 Å². The molecule has 1 aromatic rings. The van der Waals surface area contributed by atoms with Crippen molar-refractivity contribution in [2.75, 3.05) is 18.5 Å². The van der Waals surface area contributed by atoms with Gasteiger partial charge in [-0.05, 0) is 24.6 Å². The summed E-state index contributed by atoms with van der Waals surface area (Å²) in [5, 5.41) is 0. The van der Waals surface area contributed by atoms with Gasteiger partial charge >= 0.3 is 0 Å². The minimum Gasteiger partial charge on any atom is -0.398 e. The molecule has 6 nitrogen and oxygen atoms in total. The zero-order valence-electron chi connectivity index (χ0n) is 12.3. The van der Waals surface area contributed by atoms with Crippen LogP contribution in [0.2, 0.25) is 0 Å². The monoisotopic (exact) mass is 334 g/mol. The first-order valence-corrected chi connectivity index (χ1v) is 10.1. The van der Waals surface area contributed by atoms with Crippen LogP contribution in [-0.2, 0) is 19.9 Å². The Morgan fingerprint density at radius 2 is 1.76 bits per heavy atom. The van der Waals surface area contributed by atoms with Crippen molar-refractivity contribution in [3.63, 3.8) is 0 Å². The number of anilines is 1. The van der Waals surface area contributed by atoms with Gasteiger partial charge in [-0.2, -0.15) is 0 Å². The molecule has 0 spiro atoms. The van der Waals surface area contributed by atoms with Crippen LogP contribution in [0.15, 0.2) is 28.0 Å². The SMILES string of the molecule is CCCCCCNS(=O)(=O)c1cc(S(C)(=O)=O)ccc1N. The molecule has 1 aromatic carbocycles. The maximum atomic E-state index is 12.2. The molecule has 0 aromatic heterocycles. The number of benzene rings is 1. The Hall–Kier alpha value is -1.12. The van der Waals surface area contributed by atoms with E-state index < -0.39 is 19.9 Å². The lowest BCUT2D eigenvalue weighted by Gasteiger charge is -2.10. The second-order valence-electron chi connectivity index (χ2n) is 4.93. The molecule has 0 atom stereocenters. The van der Waals surface area contributed by atoms with Crippen LogP contribution in [0, 0.1) is 0 Å². The summed E-state index contributed by atoms with van der Waals surface area (Å²) in [7, 11) is -7.28. The summed E-state index contributed by atoms with van der Waals surface area (Å²) in [6, 6.07) is 3.69. The minimum atomic E-state index is -3.80. The van der Waals surface area contributed by atoms with Crippen molar-refractivity contribution in [1.29, 1.82) is 0 Å². The van der Waals surface area contributed by atoms with Crippen LogP contribution in [0.3, 0.4) is 0 Å². The smallest absolute Gasteiger partial charge is 0.242 e. The van der Waals surface area contributed by atoms with Crippen LogP contribution in [0.5, 0.6) is 0 Å². The number of nitrogen functional groups attached to an aromatic ring is 1. The molecule has 0 aliphatic rings. The lowest BCUT2D eigenvalue weighted by molar-refractivity contribution is 0.574. The zero-order valence-corrected chi connectivity index (χ0v) is 13.9. The summed E-state index contributed by atoms with van der Waals surface area (Å²) in [6.45, 7) is 2.38. The van der Waals surface area contributed by atoms with E-state index in [1.165, 1.54) is 12.1 Å². The molecule has 0 radical (unpaired) electrons.